The molecule has 0 spiro atoms. The molecule has 0 aliphatic heterocycles. The molecule has 0 saturated carbocycles. The van der Waals surface area contributed by atoms with Crippen LogP contribution in [0.1, 0.15) is 37.8 Å². The lowest BCUT2D eigenvalue weighted by atomic mass is 10.1. The molecule has 32 heavy (non-hydrogen) atoms. The first-order valence-corrected chi connectivity index (χ1v) is 10.1. The Morgan fingerprint density at radius 2 is 1.75 bits per heavy atom. The number of furan rings is 1. The zero-order valence-corrected chi connectivity index (χ0v) is 18.3. The highest BCUT2D eigenvalue weighted by Crippen LogP contribution is 2.23. The highest BCUT2D eigenvalue weighted by atomic mass is 16.5. The Morgan fingerprint density at radius 3 is 2.41 bits per heavy atom. The molecule has 4 aromatic rings. The van der Waals surface area contributed by atoms with Crippen molar-refractivity contribution in [2.75, 3.05) is 6.61 Å². The highest BCUT2D eigenvalue weighted by molar-refractivity contribution is 6.00. The number of esters is 1. The molecule has 1 aromatic carbocycles. The molecule has 0 radical (unpaired) electrons. The largest absolute Gasteiger partial charge is 0.472 e. The molecule has 4 rings (SSSR count). The summed E-state index contributed by atoms with van der Waals surface area (Å²) < 4.78 is 15.1. The number of ketones is 1. The van der Waals surface area contributed by atoms with Crippen molar-refractivity contribution in [3.63, 3.8) is 0 Å². The predicted octanol–water partition coefficient (Wildman–Crippen LogP) is 3.52. The van der Waals surface area contributed by atoms with Crippen LogP contribution in [0, 0.1) is 20.8 Å². The van der Waals surface area contributed by atoms with Gasteiger partial charge in [0.2, 0.25) is 5.78 Å². The maximum absolute atomic E-state index is 13.4. The number of para-hydroxylation sites is 1. The molecule has 0 fully saturated rings. The van der Waals surface area contributed by atoms with E-state index in [2.05, 4.69) is 0 Å². The average Bonchev–Trinajstić information content (AvgIpc) is 3.47. The monoisotopic (exact) mass is 433 g/mol. The second-order valence-corrected chi connectivity index (χ2v) is 7.54. The van der Waals surface area contributed by atoms with Crippen LogP contribution in [-0.4, -0.2) is 32.3 Å². The van der Waals surface area contributed by atoms with E-state index in [0.717, 1.165) is 17.1 Å². The van der Waals surface area contributed by atoms with Crippen molar-refractivity contribution in [1.29, 1.82) is 0 Å². The van der Waals surface area contributed by atoms with Gasteiger partial charge >= 0.3 is 5.97 Å². The minimum atomic E-state index is -0.634. The van der Waals surface area contributed by atoms with Crippen LogP contribution in [-0.2, 0) is 11.8 Å². The van der Waals surface area contributed by atoms with Crippen molar-refractivity contribution in [1.82, 2.24) is 13.9 Å². The van der Waals surface area contributed by atoms with Gasteiger partial charge in [-0.05, 0) is 45.0 Å². The van der Waals surface area contributed by atoms with Gasteiger partial charge in [-0.15, -0.1) is 0 Å². The van der Waals surface area contributed by atoms with Gasteiger partial charge in [-0.2, -0.15) is 0 Å². The SMILES string of the molecule is Cc1cc(C(=O)COC(=O)c2ccoc2)c(C)n1-c1c(C)n(C)n(-c2ccccc2)c1=O. The number of aryl methyl sites for hydroxylation is 1. The van der Waals surface area contributed by atoms with Crippen LogP contribution >= 0.6 is 0 Å². The topological polar surface area (TPSA) is 88.4 Å². The highest BCUT2D eigenvalue weighted by Gasteiger charge is 2.24. The third kappa shape index (κ3) is 3.49. The van der Waals surface area contributed by atoms with Gasteiger partial charge in [0.25, 0.3) is 5.56 Å². The summed E-state index contributed by atoms with van der Waals surface area (Å²) >= 11 is 0. The molecule has 164 valence electrons. The van der Waals surface area contributed by atoms with E-state index in [0.29, 0.717) is 16.9 Å². The average molecular weight is 433 g/mol. The fourth-order valence-corrected chi connectivity index (χ4v) is 3.87. The van der Waals surface area contributed by atoms with Crippen LogP contribution in [0.3, 0.4) is 0 Å². The Balaban J connectivity index is 1.69. The number of carbonyl (C=O) groups is 2. The first-order valence-electron chi connectivity index (χ1n) is 10.1. The summed E-state index contributed by atoms with van der Waals surface area (Å²) in [5.41, 5.74) is 3.77. The standard InChI is InChI=1S/C24H23N3O5/c1-15-12-20(21(28)14-32-24(30)18-10-11-31-13-18)16(2)26(15)22-17(3)25(4)27(23(22)29)19-8-6-5-7-9-19/h5-13H,14H2,1-4H3. The van der Waals surface area contributed by atoms with Crippen molar-refractivity contribution in [3.05, 3.63) is 93.6 Å². The number of carbonyl (C=O) groups excluding carboxylic acids is 2. The molecule has 0 bridgehead atoms. The van der Waals surface area contributed by atoms with Gasteiger partial charge in [-0.25, -0.2) is 9.48 Å². The molecule has 8 nitrogen and oxygen atoms in total. The van der Waals surface area contributed by atoms with Crippen LogP contribution < -0.4 is 5.56 Å². The normalized spacial score (nSPS) is 11.0. The van der Waals surface area contributed by atoms with E-state index in [9.17, 15) is 14.4 Å². The third-order valence-corrected chi connectivity index (χ3v) is 5.57. The summed E-state index contributed by atoms with van der Waals surface area (Å²) in [5, 5.41) is 0. The van der Waals surface area contributed by atoms with Gasteiger partial charge in [-0.1, -0.05) is 18.2 Å². The van der Waals surface area contributed by atoms with E-state index >= 15 is 0 Å². The Hall–Kier alpha value is -4.07. The first-order chi connectivity index (χ1) is 15.3. The number of benzene rings is 1. The number of Topliss-reactive ketones (excluding diaryl/α,β-unsaturated/α-hetero) is 1. The first kappa shape index (κ1) is 21.2. The van der Waals surface area contributed by atoms with Crippen LogP contribution in [0.4, 0.5) is 0 Å². The van der Waals surface area contributed by atoms with Crippen molar-refractivity contribution < 1.29 is 18.7 Å². The van der Waals surface area contributed by atoms with E-state index in [1.165, 1.54) is 18.6 Å². The van der Waals surface area contributed by atoms with Crippen LogP contribution in [0.25, 0.3) is 11.4 Å². The number of rotatable bonds is 6. The molecule has 8 heteroatoms. The Kier molecular flexibility index (Phi) is 5.44. The molecule has 3 heterocycles. The predicted molar refractivity (Wildman–Crippen MR) is 118 cm³/mol. The van der Waals surface area contributed by atoms with Gasteiger partial charge in [0.1, 0.15) is 12.0 Å². The summed E-state index contributed by atoms with van der Waals surface area (Å²) in [5.74, 6) is -0.983. The fraction of sp³-hybridized carbons (Fsp3) is 0.208. The molecule has 3 aromatic heterocycles. The smallest absolute Gasteiger partial charge is 0.341 e. The van der Waals surface area contributed by atoms with Crippen molar-refractivity contribution >= 4 is 11.8 Å². The number of nitrogens with zero attached hydrogens (tertiary/aromatic N) is 3. The second kappa shape index (κ2) is 8.22. The summed E-state index contributed by atoms with van der Waals surface area (Å²) in [4.78, 5) is 38.2. The number of hydrogen-bond acceptors (Lipinski definition) is 5. The van der Waals surface area contributed by atoms with Gasteiger partial charge < -0.3 is 13.7 Å². The van der Waals surface area contributed by atoms with Crippen molar-refractivity contribution in [2.45, 2.75) is 20.8 Å². The zero-order chi connectivity index (χ0) is 23.0. The number of aromatic nitrogens is 3. The Morgan fingerprint density at radius 1 is 1.03 bits per heavy atom. The second-order valence-electron chi connectivity index (χ2n) is 7.54. The Labute approximate surface area is 184 Å². The molecule has 0 N–H and O–H groups in total. The molecule has 0 saturated heterocycles. The summed E-state index contributed by atoms with van der Waals surface area (Å²) in [6.07, 6.45) is 2.62. The van der Waals surface area contributed by atoms with E-state index in [4.69, 9.17) is 9.15 Å². The molecule has 0 aliphatic carbocycles. The molecule has 0 amide bonds. The molecular formula is C24H23N3O5. The van der Waals surface area contributed by atoms with Gasteiger partial charge in [0.15, 0.2) is 6.61 Å². The number of ether oxygens (including phenoxy) is 1. The molecule has 0 unspecified atom stereocenters. The van der Waals surface area contributed by atoms with E-state index in [-0.39, 0.29) is 16.9 Å². The van der Waals surface area contributed by atoms with E-state index in [1.54, 1.807) is 26.9 Å². The van der Waals surface area contributed by atoms with Crippen LogP contribution in [0.5, 0.6) is 0 Å². The maximum Gasteiger partial charge on any atom is 0.341 e. The lowest BCUT2D eigenvalue weighted by Crippen LogP contribution is -2.22. The number of hydrogen-bond donors (Lipinski definition) is 0. The van der Waals surface area contributed by atoms with Gasteiger partial charge in [-0.3, -0.25) is 14.3 Å². The van der Waals surface area contributed by atoms with Crippen LogP contribution in [0.2, 0.25) is 0 Å². The lowest BCUT2D eigenvalue weighted by Gasteiger charge is -2.08. The van der Waals surface area contributed by atoms with Crippen molar-refractivity contribution in [3.8, 4) is 11.4 Å². The van der Waals surface area contributed by atoms with E-state index in [1.807, 2.05) is 51.2 Å². The summed E-state index contributed by atoms with van der Waals surface area (Å²) in [6.45, 7) is 5.07. The van der Waals surface area contributed by atoms with Gasteiger partial charge in [0, 0.05) is 24.0 Å². The fourth-order valence-electron chi connectivity index (χ4n) is 3.87. The minimum Gasteiger partial charge on any atom is -0.472 e. The van der Waals surface area contributed by atoms with Crippen molar-refractivity contribution in [2.24, 2.45) is 7.05 Å². The summed E-state index contributed by atoms with van der Waals surface area (Å²) in [6, 6.07) is 12.5. The van der Waals surface area contributed by atoms with Crippen LogP contribution in [0.15, 0.2) is 64.2 Å². The quantitative estimate of drug-likeness (QED) is 0.343. The molecular weight excluding hydrogens is 410 g/mol. The zero-order valence-electron chi connectivity index (χ0n) is 18.3. The third-order valence-electron chi connectivity index (χ3n) is 5.57. The minimum absolute atomic E-state index is 0.191. The molecule has 0 atom stereocenters. The maximum atomic E-state index is 13.4. The lowest BCUT2D eigenvalue weighted by molar-refractivity contribution is 0.0474. The van der Waals surface area contributed by atoms with Gasteiger partial charge in [0.05, 0.1) is 23.2 Å². The summed E-state index contributed by atoms with van der Waals surface area (Å²) in [7, 11) is 1.82. The van der Waals surface area contributed by atoms with E-state index < -0.39 is 12.6 Å². The Bertz CT molecular complexity index is 1360. The molecule has 0 aliphatic rings.